The van der Waals surface area contributed by atoms with E-state index in [-0.39, 0.29) is 97.4 Å². The standard InChI is InChI=1S/C86H86O16/c1-9-17-33-95-79(87)51-29-25-47-48-26-30-52(80(88)96-34-18-10-2)68-64(84(92)100-38-22-14-6)44-60-56-42-58-57(41-55(56)59-43-63(83(91)99-37-21-13-5)67(51)71(47)75(59)76(60)72(48)68)61-45-65(85(93)101-39-23-15-7)69-53(81(89)97-35-19-11-3)31-27-49-50-28-32-54(82(90)98-36-20-12-4)70-66(86(94)102-40-24-16-8)46-62(58)78(74(50)70)77(61)73(49)69/h25-32,41-46H,9-24,33-40H2,1-8H3. The van der Waals surface area contributed by atoms with Gasteiger partial charge in [0.1, 0.15) is 0 Å². The predicted molar refractivity (Wildman–Crippen MR) is 403 cm³/mol. The van der Waals surface area contributed by atoms with Gasteiger partial charge in [0.25, 0.3) is 0 Å². The van der Waals surface area contributed by atoms with E-state index in [4.69, 9.17) is 37.9 Å². The molecule has 0 N–H and O–H groups in total. The minimum Gasteiger partial charge on any atom is -0.462 e. The lowest BCUT2D eigenvalue weighted by Gasteiger charge is -2.26. The van der Waals surface area contributed by atoms with Crippen LogP contribution in [0.2, 0.25) is 0 Å². The second-order valence-corrected chi connectivity index (χ2v) is 26.9. The van der Waals surface area contributed by atoms with Crippen LogP contribution in [0.5, 0.6) is 0 Å². The number of hydrogen-bond acceptors (Lipinski definition) is 16. The molecule has 0 aliphatic carbocycles. The molecule has 13 rings (SSSR count). The fourth-order valence-corrected chi connectivity index (χ4v) is 15.0. The zero-order valence-corrected chi connectivity index (χ0v) is 59.6. The summed E-state index contributed by atoms with van der Waals surface area (Å²) < 4.78 is 48.8. The van der Waals surface area contributed by atoms with Crippen LogP contribution >= 0.6 is 0 Å². The van der Waals surface area contributed by atoms with E-state index in [1.807, 2.05) is 91.8 Å². The van der Waals surface area contributed by atoms with Crippen molar-refractivity contribution in [3.8, 4) is 0 Å². The SMILES string of the molecule is CCCCOC(=O)c1ccc2c3ccc(C(=O)OCCCC)c4c(C(=O)OCCCC)cc5c6cc7c(cc6c6cc(C(=O)OCCCC)c1c2c6c5c43)c1cc(C(=O)OCCCC)c2c(C(=O)OCCCC)ccc3c4ccc(C(=O)OCCCC)c5c(C(=O)OCCCC)cc7c(c54)c1c23. The van der Waals surface area contributed by atoms with E-state index >= 15 is 19.2 Å². The molecule has 0 radical (unpaired) electrons. The molecule has 0 aromatic heterocycles. The highest BCUT2D eigenvalue weighted by molar-refractivity contribution is 6.51. The van der Waals surface area contributed by atoms with Gasteiger partial charge >= 0.3 is 47.8 Å². The van der Waals surface area contributed by atoms with Crippen LogP contribution in [0.25, 0.3) is 129 Å². The van der Waals surface area contributed by atoms with Crippen LogP contribution < -0.4 is 0 Å². The fraction of sp³-hybridized carbons (Fsp3) is 0.372. The second kappa shape index (κ2) is 30.2. The van der Waals surface area contributed by atoms with E-state index in [0.29, 0.717) is 181 Å². The van der Waals surface area contributed by atoms with Gasteiger partial charge in [0.2, 0.25) is 0 Å². The number of fused-ring (bicyclic) bond motifs is 8. The van der Waals surface area contributed by atoms with Gasteiger partial charge in [0.15, 0.2) is 0 Å². The van der Waals surface area contributed by atoms with Gasteiger partial charge in [-0.25, -0.2) is 38.4 Å². The van der Waals surface area contributed by atoms with Crippen LogP contribution in [-0.4, -0.2) is 101 Å². The van der Waals surface area contributed by atoms with Crippen LogP contribution in [0.3, 0.4) is 0 Å². The highest BCUT2D eigenvalue weighted by atomic mass is 16.6. The van der Waals surface area contributed by atoms with Crippen molar-refractivity contribution in [2.75, 3.05) is 52.9 Å². The van der Waals surface area contributed by atoms with Gasteiger partial charge in [-0.05, 0) is 220 Å². The van der Waals surface area contributed by atoms with E-state index in [9.17, 15) is 19.2 Å². The summed E-state index contributed by atoms with van der Waals surface area (Å²) in [6, 6.07) is 25.1. The Kier molecular flexibility index (Phi) is 20.8. The quantitative estimate of drug-likeness (QED) is 0.0126. The molecule has 16 nitrogen and oxygen atoms in total. The first-order valence-electron chi connectivity index (χ1n) is 36.8. The molecule has 102 heavy (non-hydrogen) atoms. The average Bonchev–Trinajstić information content (AvgIpc) is 0.672. The van der Waals surface area contributed by atoms with Gasteiger partial charge in [-0.3, -0.25) is 0 Å². The van der Waals surface area contributed by atoms with Crippen molar-refractivity contribution >= 4 is 177 Å². The van der Waals surface area contributed by atoms with Crippen molar-refractivity contribution in [3.63, 3.8) is 0 Å². The number of esters is 8. The molecule has 13 aromatic carbocycles. The van der Waals surface area contributed by atoms with Gasteiger partial charge in [-0.2, -0.15) is 0 Å². The fourth-order valence-electron chi connectivity index (χ4n) is 15.0. The predicted octanol–water partition coefficient (Wildman–Crippen LogP) is 20.9. The summed E-state index contributed by atoms with van der Waals surface area (Å²) in [5.41, 5.74) is 0.967. The number of hydrogen-bond donors (Lipinski definition) is 0. The summed E-state index contributed by atoms with van der Waals surface area (Å²) in [5.74, 6) is -5.23. The first-order chi connectivity index (χ1) is 49.7. The Balaban J connectivity index is 1.30. The number of carbonyl (C=O) groups excluding carboxylic acids is 8. The topological polar surface area (TPSA) is 210 Å². The summed E-state index contributed by atoms with van der Waals surface area (Å²) >= 11 is 0. The van der Waals surface area contributed by atoms with Crippen LogP contribution in [0, 0.1) is 0 Å². The van der Waals surface area contributed by atoms with Gasteiger partial charge < -0.3 is 37.9 Å². The Morgan fingerprint density at radius 2 is 0.343 bits per heavy atom. The summed E-state index contributed by atoms with van der Waals surface area (Å²) in [6.45, 7) is 16.9. The first-order valence-corrected chi connectivity index (χ1v) is 36.8. The third kappa shape index (κ3) is 12.1. The molecule has 0 unspecified atom stereocenters. The molecule has 0 aliphatic rings. The smallest absolute Gasteiger partial charge is 0.338 e. The summed E-state index contributed by atoms with van der Waals surface area (Å²) in [5, 5.41) is 12.6. The van der Waals surface area contributed by atoms with Crippen LogP contribution in [0.4, 0.5) is 0 Å². The largest absolute Gasteiger partial charge is 0.462 e. The van der Waals surface area contributed by atoms with Crippen molar-refractivity contribution in [3.05, 3.63) is 129 Å². The lowest BCUT2D eigenvalue weighted by molar-refractivity contribution is 0.0485. The monoisotopic (exact) mass is 1370 g/mol. The number of rotatable bonds is 32. The molecule has 0 fully saturated rings. The summed E-state index contributed by atoms with van der Waals surface area (Å²) in [7, 11) is 0. The Labute approximate surface area is 590 Å². The molecule has 0 heterocycles. The number of carbonyl (C=O) groups is 8. The highest BCUT2D eigenvalue weighted by Gasteiger charge is 2.35. The minimum absolute atomic E-state index is 0.0914. The molecule has 0 saturated carbocycles. The molecule has 526 valence electrons. The van der Waals surface area contributed by atoms with E-state index in [0.717, 1.165) is 51.4 Å². The van der Waals surface area contributed by atoms with E-state index < -0.39 is 47.8 Å². The van der Waals surface area contributed by atoms with Crippen molar-refractivity contribution in [2.45, 2.75) is 158 Å². The van der Waals surface area contributed by atoms with E-state index in [2.05, 4.69) is 0 Å². The second-order valence-electron chi connectivity index (χ2n) is 26.9. The first kappa shape index (κ1) is 70.2. The van der Waals surface area contributed by atoms with E-state index in [1.54, 1.807) is 48.5 Å². The molecular weight excluding hydrogens is 1290 g/mol. The highest BCUT2D eigenvalue weighted by Crippen LogP contribution is 2.56. The molecule has 0 bridgehead atoms. The Hall–Kier alpha value is -10.2. The normalized spacial score (nSPS) is 12.0. The maximum atomic E-state index is 15.4. The summed E-state index contributed by atoms with van der Waals surface area (Å²) in [4.78, 5) is 121. The Morgan fingerprint density at radius 3 is 0.510 bits per heavy atom. The number of benzene rings is 13. The van der Waals surface area contributed by atoms with Crippen molar-refractivity contribution < 1.29 is 76.3 Å². The lowest BCUT2D eigenvalue weighted by Crippen LogP contribution is -2.14. The number of unbranched alkanes of at least 4 members (excludes halogenated alkanes) is 8. The van der Waals surface area contributed by atoms with Crippen molar-refractivity contribution in [1.82, 2.24) is 0 Å². The molecule has 0 amide bonds. The molecule has 0 saturated heterocycles. The summed E-state index contributed by atoms with van der Waals surface area (Å²) in [6.07, 6.45) is 10.7. The van der Waals surface area contributed by atoms with E-state index in [1.165, 1.54) is 0 Å². The lowest BCUT2D eigenvalue weighted by atomic mass is 9.77. The minimum atomic E-state index is -0.673. The zero-order valence-electron chi connectivity index (χ0n) is 59.6. The third-order valence-corrected chi connectivity index (χ3v) is 20.1. The average molecular weight is 1380 g/mol. The molecule has 16 heteroatoms. The zero-order chi connectivity index (χ0) is 71.6. The molecule has 0 aliphatic heterocycles. The van der Waals surface area contributed by atoms with Gasteiger partial charge in [-0.15, -0.1) is 0 Å². The molecular formula is C86H86O16. The Bertz CT molecular complexity index is 4800. The van der Waals surface area contributed by atoms with Crippen LogP contribution in [0.1, 0.15) is 241 Å². The maximum Gasteiger partial charge on any atom is 0.338 e. The third-order valence-electron chi connectivity index (χ3n) is 20.1. The van der Waals surface area contributed by atoms with Crippen molar-refractivity contribution in [2.24, 2.45) is 0 Å². The number of ether oxygens (including phenoxy) is 8. The molecule has 13 aromatic rings. The van der Waals surface area contributed by atoms with Gasteiger partial charge in [0, 0.05) is 21.5 Å². The van der Waals surface area contributed by atoms with Crippen LogP contribution in [0.15, 0.2) is 84.9 Å². The molecule has 0 atom stereocenters. The van der Waals surface area contributed by atoms with Crippen LogP contribution in [-0.2, 0) is 37.9 Å². The van der Waals surface area contributed by atoms with Gasteiger partial charge in [-0.1, -0.05) is 131 Å². The Morgan fingerprint density at radius 1 is 0.186 bits per heavy atom. The van der Waals surface area contributed by atoms with Crippen molar-refractivity contribution in [1.29, 1.82) is 0 Å². The molecule has 0 spiro atoms. The maximum absolute atomic E-state index is 15.4. The van der Waals surface area contributed by atoms with Gasteiger partial charge in [0.05, 0.1) is 97.4 Å².